The number of aromatic nitrogens is 4. The average molecular weight is 867 g/mol. The van der Waals surface area contributed by atoms with Crippen molar-refractivity contribution in [2.75, 3.05) is 13.2 Å². The second-order valence-corrected chi connectivity index (χ2v) is 30.9. The molecule has 4 rings (SSSR count). The second kappa shape index (κ2) is 27.5. The van der Waals surface area contributed by atoms with Crippen LogP contribution >= 0.6 is 0 Å². The van der Waals surface area contributed by atoms with Gasteiger partial charge >= 0.3 is 0 Å². The zero-order chi connectivity index (χ0) is 43.8. The molecule has 61 heavy (non-hydrogen) atoms. The van der Waals surface area contributed by atoms with E-state index in [1.54, 1.807) is 0 Å². The highest BCUT2D eigenvalue weighted by Gasteiger charge is 2.17. The molecule has 0 unspecified atom stereocenters. The first kappa shape index (κ1) is 50.1. The van der Waals surface area contributed by atoms with Crippen LogP contribution in [0.15, 0.2) is 61.2 Å². The molecule has 2 heterocycles. The number of hydrogen-bond acceptors (Lipinski definition) is 7. The van der Waals surface area contributed by atoms with Crippen molar-refractivity contribution < 1.29 is 14.2 Å². The molecule has 0 aliphatic rings. The van der Waals surface area contributed by atoms with Crippen molar-refractivity contribution in [2.45, 2.75) is 194 Å². The highest BCUT2D eigenvalue weighted by Crippen LogP contribution is 2.35. The van der Waals surface area contributed by atoms with Crippen LogP contribution < -0.4 is 14.2 Å². The minimum atomic E-state index is -1.07. The number of rotatable bonds is 32. The fourth-order valence-electron chi connectivity index (χ4n) is 7.66. The molecule has 2 aromatic heterocycles. The van der Waals surface area contributed by atoms with Crippen LogP contribution in [0.1, 0.15) is 141 Å². The van der Waals surface area contributed by atoms with Crippen LogP contribution in [0.3, 0.4) is 0 Å². The van der Waals surface area contributed by atoms with Gasteiger partial charge in [0, 0.05) is 27.3 Å². The summed E-state index contributed by atoms with van der Waals surface area (Å²) in [7, 11) is -2.13. The van der Waals surface area contributed by atoms with Gasteiger partial charge < -0.3 is 14.2 Å². The van der Waals surface area contributed by atoms with E-state index in [9.17, 15) is 0 Å². The number of ether oxygens (including phenoxy) is 3. The molecule has 0 amide bonds. The average Bonchev–Trinajstić information content (AvgIpc) is 3.23. The molecule has 0 saturated heterocycles. The van der Waals surface area contributed by atoms with E-state index in [-0.39, 0.29) is 0 Å². The Kier molecular flexibility index (Phi) is 22.6. The Bertz CT molecular complexity index is 1660. The van der Waals surface area contributed by atoms with Crippen molar-refractivity contribution in [2.24, 2.45) is 0 Å². The first-order valence-electron chi connectivity index (χ1n) is 24.3. The lowest BCUT2D eigenvalue weighted by molar-refractivity contribution is 0.302. The number of nitrogens with zero attached hydrogens (tertiary/aromatic N) is 4. The molecule has 0 saturated carbocycles. The summed E-state index contributed by atoms with van der Waals surface area (Å²) in [5.74, 6) is 4.69. The molecule has 0 aliphatic carbocycles. The Morgan fingerprint density at radius 2 is 0.787 bits per heavy atom. The van der Waals surface area contributed by atoms with Gasteiger partial charge in [-0.1, -0.05) is 155 Å². The molecule has 4 aromatic rings. The number of hydrogen-bond donors (Lipinski definition) is 0. The second-order valence-electron chi connectivity index (χ2n) is 19.7. The Labute approximate surface area is 373 Å². The highest BCUT2D eigenvalue weighted by molar-refractivity contribution is 6.76. The summed E-state index contributed by atoms with van der Waals surface area (Å²) in [5.41, 5.74) is 4.40. The fraction of sp³-hybridized carbons (Fsp3) is 0.615. The first-order valence-corrected chi connectivity index (χ1v) is 31.7. The monoisotopic (exact) mass is 867 g/mol. The standard InChI is InChI=1S/C52H82N4O3Si2/c1-9-11-13-15-17-23-33-57-47-39-53-51(54-40-47)45-29-31-49(43(37-45)27-21-19-25-35-60(3,4)5)59-50-32-30-46(38-44(50)28-22-20-26-36-61(6,7)8)52-55-41-48(42-56-52)58-34-24-18-16-14-12-10-2/h29-32,37-42H,9-28,33-36H2,1-8H3. The summed E-state index contributed by atoms with van der Waals surface area (Å²) in [5, 5.41) is 0. The SMILES string of the molecule is CCCCCCCCOc1cnc(-c2ccc(Oc3ccc(-c4ncc(OCCCCCCCC)cn4)cc3CCCCC[Si](C)(C)C)c(CCCCC[Si](C)(C)C)c2)nc1. The van der Waals surface area contributed by atoms with Gasteiger partial charge in [-0.25, -0.2) is 19.9 Å². The van der Waals surface area contributed by atoms with E-state index < -0.39 is 16.1 Å². The lowest BCUT2D eigenvalue weighted by atomic mass is 10.0. The quantitative estimate of drug-likeness (QED) is 0.0357. The topological polar surface area (TPSA) is 79.2 Å². The van der Waals surface area contributed by atoms with Crippen molar-refractivity contribution in [1.82, 2.24) is 19.9 Å². The Balaban J connectivity index is 1.51. The third-order valence-electron chi connectivity index (χ3n) is 11.4. The van der Waals surface area contributed by atoms with E-state index >= 15 is 0 Å². The minimum Gasteiger partial charge on any atom is -0.490 e. The first-order chi connectivity index (χ1) is 29.4. The summed E-state index contributed by atoms with van der Waals surface area (Å²) in [4.78, 5) is 19.0. The summed E-state index contributed by atoms with van der Waals surface area (Å²) in [6.45, 7) is 20.7. The maximum atomic E-state index is 6.95. The normalized spacial score (nSPS) is 11.9. The summed E-state index contributed by atoms with van der Waals surface area (Å²) < 4.78 is 18.9. The van der Waals surface area contributed by atoms with Crippen molar-refractivity contribution in [3.8, 4) is 45.8 Å². The van der Waals surface area contributed by atoms with E-state index in [0.29, 0.717) is 24.9 Å². The van der Waals surface area contributed by atoms with E-state index in [1.807, 2.05) is 24.8 Å². The smallest absolute Gasteiger partial charge is 0.159 e. The third-order valence-corrected chi connectivity index (χ3v) is 15.1. The van der Waals surface area contributed by atoms with Crippen LogP contribution in [0, 0.1) is 0 Å². The van der Waals surface area contributed by atoms with Gasteiger partial charge in [0.25, 0.3) is 0 Å². The molecule has 0 radical (unpaired) electrons. The molecule has 9 heteroatoms. The Hall–Kier alpha value is -3.57. The number of aryl methyl sites for hydroxylation is 2. The highest BCUT2D eigenvalue weighted by atomic mass is 28.3. The number of unbranched alkanes of at least 4 members (excludes halogenated alkanes) is 14. The molecule has 0 aliphatic heterocycles. The van der Waals surface area contributed by atoms with Gasteiger partial charge in [-0.15, -0.1) is 0 Å². The molecule has 0 N–H and O–H groups in total. The number of benzene rings is 2. The van der Waals surface area contributed by atoms with Gasteiger partial charge in [0.2, 0.25) is 0 Å². The van der Waals surface area contributed by atoms with Gasteiger partial charge in [0.05, 0.1) is 38.0 Å². The van der Waals surface area contributed by atoms with Gasteiger partial charge in [-0.05, 0) is 86.1 Å². The van der Waals surface area contributed by atoms with Crippen LogP contribution in [0.2, 0.25) is 51.4 Å². The van der Waals surface area contributed by atoms with Crippen molar-refractivity contribution in [1.29, 1.82) is 0 Å². The largest absolute Gasteiger partial charge is 0.490 e. The lowest BCUT2D eigenvalue weighted by Gasteiger charge is -2.18. The van der Waals surface area contributed by atoms with Crippen molar-refractivity contribution in [3.05, 3.63) is 72.3 Å². The molecule has 0 atom stereocenters. The van der Waals surface area contributed by atoms with Crippen LogP contribution in [0.4, 0.5) is 0 Å². The van der Waals surface area contributed by atoms with Gasteiger partial charge in [0.15, 0.2) is 23.1 Å². The minimum absolute atomic E-state index is 0.706. The van der Waals surface area contributed by atoms with E-state index in [1.165, 1.54) is 113 Å². The maximum absolute atomic E-state index is 6.95. The van der Waals surface area contributed by atoms with E-state index in [2.05, 4.69) is 89.5 Å². The van der Waals surface area contributed by atoms with Crippen molar-refractivity contribution >= 4 is 16.1 Å². The van der Waals surface area contributed by atoms with Crippen LogP contribution in [-0.4, -0.2) is 49.3 Å². The van der Waals surface area contributed by atoms with Gasteiger partial charge in [-0.2, -0.15) is 0 Å². The summed E-state index contributed by atoms with van der Waals surface area (Å²) >= 11 is 0. The molecule has 0 fully saturated rings. The predicted molar refractivity (Wildman–Crippen MR) is 264 cm³/mol. The molecule has 0 spiro atoms. The van der Waals surface area contributed by atoms with Crippen LogP contribution in [0.25, 0.3) is 22.8 Å². The Morgan fingerprint density at radius 3 is 1.16 bits per heavy atom. The van der Waals surface area contributed by atoms with E-state index in [4.69, 9.17) is 34.1 Å². The van der Waals surface area contributed by atoms with Gasteiger partial charge in [0.1, 0.15) is 11.5 Å². The van der Waals surface area contributed by atoms with Crippen LogP contribution in [0.5, 0.6) is 23.0 Å². The lowest BCUT2D eigenvalue weighted by Crippen LogP contribution is -2.18. The molecular weight excluding hydrogens is 785 g/mol. The molecule has 0 bridgehead atoms. The third kappa shape index (κ3) is 20.4. The van der Waals surface area contributed by atoms with Crippen molar-refractivity contribution in [3.63, 3.8) is 0 Å². The fourth-order valence-corrected chi connectivity index (χ4v) is 10.3. The zero-order valence-electron chi connectivity index (χ0n) is 39.8. The summed E-state index contributed by atoms with van der Waals surface area (Å²) in [6.07, 6.45) is 31.3. The zero-order valence-corrected chi connectivity index (χ0v) is 41.8. The molecule has 2 aromatic carbocycles. The Morgan fingerprint density at radius 1 is 0.426 bits per heavy atom. The predicted octanol–water partition coefficient (Wildman–Crippen LogP) is 16.0. The van der Waals surface area contributed by atoms with Crippen LogP contribution in [-0.2, 0) is 12.8 Å². The maximum Gasteiger partial charge on any atom is 0.159 e. The molecule has 336 valence electrons. The molecular formula is C52H82N4O3Si2. The summed E-state index contributed by atoms with van der Waals surface area (Å²) in [6, 6.07) is 15.7. The van der Waals surface area contributed by atoms with E-state index in [0.717, 1.165) is 72.6 Å². The van der Waals surface area contributed by atoms with Gasteiger partial charge in [-0.3, -0.25) is 0 Å². The molecule has 7 nitrogen and oxygen atoms in total.